The monoisotopic (exact) mass is 301 g/mol. The van der Waals surface area contributed by atoms with Crippen LogP contribution in [0, 0.1) is 10.1 Å². The number of hydrogen-bond acceptors (Lipinski definition) is 7. The number of benzene rings is 1. The van der Waals surface area contributed by atoms with Crippen LogP contribution in [-0.2, 0) is 0 Å². The zero-order chi connectivity index (χ0) is 14.8. The minimum Gasteiger partial charge on any atom is -0.431 e. The molecule has 104 valence electrons. The Bertz CT molecular complexity index is 846. The highest BCUT2D eigenvalue weighted by molar-refractivity contribution is 7.16. The van der Waals surface area contributed by atoms with Crippen LogP contribution >= 0.6 is 11.3 Å². The van der Waals surface area contributed by atoms with Crippen LogP contribution < -0.4 is 4.74 Å². The van der Waals surface area contributed by atoms with E-state index in [0.717, 1.165) is 10.9 Å². The fraction of sp³-hybridized carbons (Fsp3) is 0. The lowest BCUT2D eigenvalue weighted by Gasteiger charge is -2.06. The van der Waals surface area contributed by atoms with Crippen LogP contribution in [0.15, 0.2) is 36.0 Å². The fourth-order valence-corrected chi connectivity index (χ4v) is 2.51. The average Bonchev–Trinajstić information content (AvgIpc) is 2.97. The number of hydrogen-bond donors (Lipinski definition) is 0. The molecule has 2 aromatic heterocycles. The molecule has 0 bridgehead atoms. The fourth-order valence-electron chi connectivity index (χ4n) is 1.79. The van der Waals surface area contributed by atoms with Crippen LogP contribution in [0.4, 0.5) is 5.69 Å². The predicted octanol–water partition coefficient (Wildman–Crippen LogP) is 3.20. The molecule has 3 aromatic rings. The van der Waals surface area contributed by atoms with Crippen molar-refractivity contribution in [3.8, 4) is 11.6 Å². The van der Waals surface area contributed by atoms with Crippen molar-refractivity contribution >= 4 is 33.5 Å². The molecule has 21 heavy (non-hydrogen) atoms. The van der Waals surface area contributed by atoms with E-state index in [-0.39, 0.29) is 22.9 Å². The molecule has 2 heterocycles. The van der Waals surface area contributed by atoms with Crippen LogP contribution in [0.2, 0.25) is 0 Å². The van der Waals surface area contributed by atoms with Crippen LogP contribution in [0.25, 0.3) is 10.2 Å². The van der Waals surface area contributed by atoms with Gasteiger partial charge in [-0.25, -0.2) is 9.97 Å². The van der Waals surface area contributed by atoms with E-state index in [1.165, 1.54) is 29.8 Å². The highest BCUT2D eigenvalue weighted by atomic mass is 32.1. The van der Waals surface area contributed by atoms with Crippen molar-refractivity contribution in [3.05, 3.63) is 51.7 Å². The van der Waals surface area contributed by atoms with Gasteiger partial charge in [0.05, 0.1) is 10.3 Å². The highest BCUT2D eigenvalue weighted by Crippen LogP contribution is 2.34. The average molecular weight is 301 g/mol. The Morgan fingerprint density at radius 1 is 1.29 bits per heavy atom. The Hall–Kier alpha value is -2.87. The topological polar surface area (TPSA) is 95.2 Å². The molecule has 0 atom stereocenters. The van der Waals surface area contributed by atoms with Crippen molar-refractivity contribution in [1.29, 1.82) is 0 Å². The number of carbonyl (C=O) groups excluding carboxylic acids is 1. The predicted molar refractivity (Wildman–Crippen MR) is 76.0 cm³/mol. The maximum absolute atomic E-state index is 11.1. The number of nitro benzene ring substituents is 1. The van der Waals surface area contributed by atoms with Gasteiger partial charge in [-0.05, 0) is 23.6 Å². The molecule has 0 saturated carbocycles. The molecule has 0 amide bonds. The minimum atomic E-state index is -0.603. The number of rotatable bonds is 4. The molecular weight excluding hydrogens is 294 g/mol. The molecule has 0 aliphatic carbocycles. The Labute approximate surface area is 122 Å². The minimum absolute atomic E-state index is 0.0248. The highest BCUT2D eigenvalue weighted by Gasteiger charge is 2.18. The summed E-state index contributed by atoms with van der Waals surface area (Å²) in [4.78, 5) is 30.0. The van der Waals surface area contributed by atoms with Gasteiger partial charge in [-0.2, -0.15) is 0 Å². The Balaban J connectivity index is 2.07. The first kappa shape index (κ1) is 13.1. The standard InChI is InChI=1S/C13H7N3O4S/c17-6-8-1-2-11(10(5-8)16(18)19)20-12-9-3-4-21-13(9)15-7-14-12/h1-7H. The summed E-state index contributed by atoms with van der Waals surface area (Å²) in [5, 5.41) is 13.6. The molecular formula is C13H7N3O4S. The number of fused-ring (bicyclic) bond motifs is 1. The van der Waals surface area contributed by atoms with Crippen LogP contribution in [0.3, 0.4) is 0 Å². The summed E-state index contributed by atoms with van der Waals surface area (Å²) in [6, 6.07) is 5.76. The van der Waals surface area contributed by atoms with Crippen molar-refractivity contribution in [3.63, 3.8) is 0 Å². The first-order chi connectivity index (χ1) is 10.2. The van der Waals surface area contributed by atoms with E-state index in [9.17, 15) is 14.9 Å². The first-order valence-electron chi connectivity index (χ1n) is 5.78. The quantitative estimate of drug-likeness (QED) is 0.417. The van der Waals surface area contributed by atoms with Gasteiger partial charge in [-0.3, -0.25) is 14.9 Å². The van der Waals surface area contributed by atoms with E-state index < -0.39 is 4.92 Å². The van der Waals surface area contributed by atoms with Gasteiger partial charge >= 0.3 is 5.69 Å². The van der Waals surface area contributed by atoms with Gasteiger partial charge in [-0.15, -0.1) is 11.3 Å². The van der Waals surface area contributed by atoms with Gasteiger partial charge < -0.3 is 4.74 Å². The Morgan fingerprint density at radius 2 is 2.14 bits per heavy atom. The maximum atomic E-state index is 11.1. The number of nitro groups is 1. The van der Waals surface area contributed by atoms with Crippen molar-refractivity contribution in [2.24, 2.45) is 0 Å². The number of aldehydes is 1. The lowest BCUT2D eigenvalue weighted by Crippen LogP contribution is -1.96. The summed E-state index contributed by atoms with van der Waals surface area (Å²) in [5.41, 5.74) is -0.0843. The zero-order valence-electron chi connectivity index (χ0n) is 10.4. The summed E-state index contributed by atoms with van der Waals surface area (Å²) in [6.45, 7) is 0. The molecule has 0 unspecified atom stereocenters. The van der Waals surface area contributed by atoms with E-state index in [1.807, 2.05) is 5.38 Å². The van der Waals surface area contributed by atoms with E-state index in [4.69, 9.17) is 4.74 Å². The van der Waals surface area contributed by atoms with E-state index >= 15 is 0 Å². The summed E-state index contributed by atoms with van der Waals surface area (Å²) < 4.78 is 5.54. The third-order valence-electron chi connectivity index (χ3n) is 2.75. The van der Waals surface area contributed by atoms with Crippen LogP contribution in [0.1, 0.15) is 10.4 Å². The van der Waals surface area contributed by atoms with Crippen LogP contribution in [0.5, 0.6) is 11.6 Å². The van der Waals surface area contributed by atoms with Gasteiger partial charge in [0.1, 0.15) is 17.4 Å². The van der Waals surface area contributed by atoms with E-state index in [0.29, 0.717) is 11.7 Å². The number of ether oxygens (including phenoxy) is 1. The summed E-state index contributed by atoms with van der Waals surface area (Å²) in [7, 11) is 0. The van der Waals surface area contributed by atoms with Crippen molar-refractivity contribution < 1.29 is 14.5 Å². The molecule has 7 nitrogen and oxygen atoms in total. The third kappa shape index (κ3) is 2.43. The second-order valence-electron chi connectivity index (χ2n) is 4.02. The van der Waals surface area contributed by atoms with Crippen molar-refractivity contribution in [2.45, 2.75) is 0 Å². The second-order valence-corrected chi connectivity index (χ2v) is 4.92. The third-order valence-corrected chi connectivity index (χ3v) is 3.57. The molecule has 0 aliphatic rings. The smallest absolute Gasteiger partial charge is 0.312 e. The lowest BCUT2D eigenvalue weighted by molar-refractivity contribution is -0.385. The normalized spacial score (nSPS) is 10.5. The van der Waals surface area contributed by atoms with Gasteiger partial charge in [0, 0.05) is 11.6 Å². The molecule has 3 rings (SSSR count). The summed E-state index contributed by atoms with van der Waals surface area (Å²) in [5.74, 6) is 0.264. The molecule has 0 saturated heterocycles. The molecule has 0 spiro atoms. The maximum Gasteiger partial charge on any atom is 0.312 e. The molecule has 0 radical (unpaired) electrons. The van der Waals surface area contributed by atoms with Gasteiger partial charge in [-0.1, -0.05) is 0 Å². The zero-order valence-corrected chi connectivity index (χ0v) is 11.2. The van der Waals surface area contributed by atoms with Gasteiger partial charge in [0.15, 0.2) is 0 Å². The number of thiophene rings is 1. The van der Waals surface area contributed by atoms with Crippen molar-refractivity contribution in [2.75, 3.05) is 0 Å². The van der Waals surface area contributed by atoms with E-state index in [1.54, 1.807) is 6.07 Å². The van der Waals surface area contributed by atoms with E-state index in [2.05, 4.69) is 9.97 Å². The lowest BCUT2D eigenvalue weighted by atomic mass is 10.2. The molecule has 0 N–H and O–H groups in total. The molecule has 1 aromatic carbocycles. The Kier molecular flexibility index (Phi) is 3.28. The SMILES string of the molecule is O=Cc1ccc(Oc2ncnc3sccc23)c([N+](=O)[O-])c1. The second kappa shape index (κ2) is 5.25. The molecule has 0 fully saturated rings. The van der Waals surface area contributed by atoms with Crippen molar-refractivity contribution in [1.82, 2.24) is 9.97 Å². The first-order valence-corrected chi connectivity index (χ1v) is 6.66. The molecule has 8 heteroatoms. The summed E-state index contributed by atoms with van der Waals surface area (Å²) >= 11 is 1.42. The van der Waals surface area contributed by atoms with Crippen LogP contribution in [-0.4, -0.2) is 21.2 Å². The molecule has 0 aliphatic heterocycles. The number of aromatic nitrogens is 2. The summed E-state index contributed by atoms with van der Waals surface area (Å²) in [6.07, 6.45) is 1.87. The van der Waals surface area contributed by atoms with Gasteiger partial charge in [0.25, 0.3) is 0 Å². The number of carbonyl (C=O) groups is 1. The Morgan fingerprint density at radius 3 is 2.90 bits per heavy atom. The largest absolute Gasteiger partial charge is 0.431 e. The number of nitrogens with zero attached hydrogens (tertiary/aromatic N) is 3. The van der Waals surface area contributed by atoms with Gasteiger partial charge in [0.2, 0.25) is 11.6 Å².